The molecule has 1 fully saturated rings. The number of anilines is 1. The fraction of sp³-hybridized carbons (Fsp3) is 0.389. The fourth-order valence-corrected chi connectivity index (χ4v) is 2.79. The van der Waals surface area contributed by atoms with Crippen molar-refractivity contribution in [1.29, 1.82) is 0 Å². The van der Waals surface area contributed by atoms with E-state index in [1.165, 1.54) is 29.4 Å². The van der Waals surface area contributed by atoms with E-state index in [2.05, 4.69) is 9.97 Å². The average Bonchev–Trinajstić information content (AvgIpc) is 3.40. The van der Waals surface area contributed by atoms with Crippen LogP contribution in [0.5, 0.6) is 0 Å². The van der Waals surface area contributed by atoms with Crippen LogP contribution in [0.4, 0.5) is 18.9 Å². The van der Waals surface area contributed by atoms with Gasteiger partial charge in [-0.05, 0) is 50.8 Å². The first-order valence-electron chi connectivity index (χ1n) is 8.07. The SMILES string of the molecule is Cc1cnc(C(=O)N(c2cccc(C(F)(F)F)c2)C(C)C2CC2)cn1. The van der Waals surface area contributed by atoms with Gasteiger partial charge in [-0.15, -0.1) is 0 Å². The van der Waals surface area contributed by atoms with Crippen molar-refractivity contribution >= 4 is 11.6 Å². The summed E-state index contributed by atoms with van der Waals surface area (Å²) >= 11 is 0. The standard InChI is InChI=1S/C18H18F3N3O/c1-11-9-23-16(10-22-11)17(25)24(12(2)13-6-7-13)15-5-3-4-14(8-15)18(19,20)21/h3-5,8-10,12-13H,6-7H2,1-2H3. The van der Waals surface area contributed by atoms with Gasteiger partial charge in [-0.3, -0.25) is 9.78 Å². The Bertz CT molecular complexity index is 770. The molecule has 1 unspecified atom stereocenters. The lowest BCUT2D eigenvalue weighted by Gasteiger charge is -2.29. The number of nitrogens with zero attached hydrogens (tertiary/aromatic N) is 3. The molecule has 0 radical (unpaired) electrons. The number of benzene rings is 1. The Morgan fingerprint density at radius 3 is 2.52 bits per heavy atom. The Morgan fingerprint density at radius 2 is 1.96 bits per heavy atom. The number of amides is 1. The zero-order valence-electron chi connectivity index (χ0n) is 13.9. The van der Waals surface area contributed by atoms with Gasteiger partial charge in [0.25, 0.3) is 5.91 Å². The third kappa shape index (κ3) is 3.81. The van der Waals surface area contributed by atoms with E-state index in [1.807, 2.05) is 6.92 Å². The van der Waals surface area contributed by atoms with Crippen LogP contribution in [-0.4, -0.2) is 21.9 Å². The number of hydrogen-bond donors (Lipinski definition) is 0. The Balaban J connectivity index is 2.00. The van der Waals surface area contributed by atoms with Crippen LogP contribution in [0.25, 0.3) is 0 Å². The van der Waals surface area contributed by atoms with Crippen LogP contribution in [0, 0.1) is 12.8 Å². The van der Waals surface area contributed by atoms with E-state index in [-0.39, 0.29) is 23.3 Å². The topological polar surface area (TPSA) is 46.1 Å². The summed E-state index contributed by atoms with van der Waals surface area (Å²) in [6.45, 7) is 3.61. The molecule has 1 saturated carbocycles. The fourth-order valence-electron chi connectivity index (χ4n) is 2.79. The average molecular weight is 349 g/mol. The molecular weight excluding hydrogens is 331 g/mol. The third-order valence-corrected chi connectivity index (χ3v) is 4.38. The maximum absolute atomic E-state index is 13.0. The zero-order valence-corrected chi connectivity index (χ0v) is 13.9. The maximum Gasteiger partial charge on any atom is 0.416 e. The molecule has 7 heteroatoms. The maximum atomic E-state index is 13.0. The summed E-state index contributed by atoms with van der Waals surface area (Å²) in [6, 6.07) is 4.64. The molecule has 1 heterocycles. The van der Waals surface area contributed by atoms with E-state index in [0.717, 1.165) is 25.0 Å². The van der Waals surface area contributed by atoms with E-state index in [9.17, 15) is 18.0 Å². The van der Waals surface area contributed by atoms with Gasteiger partial charge in [0.05, 0.1) is 17.5 Å². The van der Waals surface area contributed by atoms with Crippen molar-refractivity contribution in [2.45, 2.75) is 38.9 Å². The molecule has 0 spiro atoms. The molecule has 0 saturated heterocycles. The van der Waals surface area contributed by atoms with Crippen LogP contribution in [0.2, 0.25) is 0 Å². The van der Waals surface area contributed by atoms with Crippen LogP contribution in [0.15, 0.2) is 36.7 Å². The number of alkyl halides is 3. The van der Waals surface area contributed by atoms with E-state index in [1.54, 1.807) is 6.92 Å². The smallest absolute Gasteiger partial charge is 0.304 e. The lowest BCUT2D eigenvalue weighted by molar-refractivity contribution is -0.137. The molecule has 0 aliphatic heterocycles. The highest BCUT2D eigenvalue weighted by Crippen LogP contribution is 2.39. The first-order chi connectivity index (χ1) is 11.8. The quantitative estimate of drug-likeness (QED) is 0.829. The lowest BCUT2D eigenvalue weighted by Crippen LogP contribution is -2.40. The van der Waals surface area contributed by atoms with Crippen molar-refractivity contribution in [3.05, 3.63) is 53.6 Å². The van der Waals surface area contributed by atoms with Crippen LogP contribution in [-0.2, 0) is 6.18 Å². The molecule has 25 heavy (non-hydrogen) atoms. The molecule has 132 valence electrons. The van der Waals surface area contributed by atoms with Crippen molar-refractivity contribution in [2.24, 2.45) is 5.92 Å². The number of aryl methyl sites for hydroxylation is 1. The van der Waals surface area contributed by atoms with Gasteiger partial charge < -0.3 is 4.90 Å². The molecule has 1 aliphatic carbocycles. The highest BCUT2D eigenvalue weighted by atomic mass is 19.4. The van der Waals surface area contributed by atoms with E-state index < -0.39 is 17.6 Å². The summed E-state index contributed by atoms with van der Waals surface area (Å²) < 4.78 is 39.1. The Morgan fingerprint density at radius 1 is 1.24 bits per heavy atom. The molecule has 1 amide bonds. The van der Waals surface area contributed by atoms with Gasteiger partial charge in [0.2, 0.25) is 0 Å². The number of carbonyl (C=O) groups is 1. The minimum Gasteiger partial charge on any atom is -0.304 e. The number of carbonyl (C=O) groups excluding carboxylic acids is 1. The van der Waals surface area contributed by atoms with E-state index >= 15 is 0 Å². The monoisotopic (exact) mass is 349 g/mol. The van der Waals surface area contributed by atoms with Gasteiger partial charge in [0, 0.05) is 17.9 Å². The normalized spacial score (nSPS) is 15.7. The first kappa shape index (κ1) is 17.4. The van der Waals surface area contributed by atoms with Crippen molar-refractivity contribution in [3.63, 3.8) is 0 Å². The van der Waals surface area contributed by atoms with Gasteiger partial charge >= 0.3 is 6.18 Å². The second-order valence-electron chi connectivity index (χ2n) is 6.34. The summed E-state index contributed by atoms with van der Waals surface area (Å²) in [5, 5.41) is 0. The minimum atomic E-state index is -4.46. The van der Waals surface area contributed by atoms with Crippen LogP contribution in [0.1, 0.15) is 41.5 Å². The van der Waals surface area contributed by atoms with Gasteiger partial charge in [-0.25, -0.2) is 4.98 Å². The number of hydrogen-bond acceptors (Lipinski definition) is 3. The van der Waals surface area contributed by atoms with Crippen molar-refractivity contribution in [2.75, 3.05) is 4.90 Å². The van der Waals surface area contributed by atoms with Crippen LogP contribution >= 0.6 is 0 Å². The number of halogens is 3. The number of rotatable bonds is 4. The van der Waals surface area contributed by atoms with Gasteiger partial charge in [-0.1, -0.05) is 6.07 Å². The molecule has 1 aliphatic rings. The predicted molar refractivity (Wildman–Crippen MR) is 87.2 cm³/mol. The summed E-state index contributed by atoms with van der Waals surface area (Å²) in [6.07, 6.45) is 0.293. The molecule has 0 N–H and O–H groups in total. The van der Waals surface area contributed by atoms with Crippen molar-refractivity contribution in [1.82, 2.24) is 9.97 Å². The van der Waals surface area contributed by atoms with E-state index in [0.29, 0.717) is 5.69 Å². The second-order valence-corrected chi connectivity index (χ2v) is 6.34. The molecule has 1 aromatic heterocycles. The summed E-state index contributed by atoms with van der Waals surface area (Å²) in [7, 11) is 0. The minimum absolute atomic E-state index is 0.121. The molecule has 0 bridgehead atoms. The summed E-state index contributed by atoms with van der Waals surface area (Å²) in [5.41, 5.74) is 0.232. The summed E-state index contributed by atoms with van der Waals surface area (Å²) in [5.74, 6) is -0.150. The highest BCUT2D eigenvalue weighted by Gasteiger charge is 2.37. The zero-order chi connectivity index (χ0) is 18.2. The lowest BCUT2D eigenvalue weighted by atomic mass is 10.1. The van der Waals surface area contributed by atoms with Gasteiger partial charge in [0.15, 0.2) is 0 Å². The highest BCUT2D eigenvalue weighted by molar-refractivity contribution is 6.05. The van der Waals surface area contributed by atoms with Crippen LogP contribution in [0.3, 0.4) is 0 Å². The molecular formula is C18H18F3N3O. The first-order valence-corrected chi connectivity index (χ1v) is 8.07. The Kier molecular flexibility index (Phi) is 4.49. The van der Waals surface area contributed by atoms with Gasteiger partial charge in [-0.2, -0.15) is 13.2 Å². The number of aromatic nitrogens is 2. The van der Waals surface area contributed by atoms with Crippen molar-refractivity contribution in [3.8, 4) is 0 Å². The Hall–Kier alpha value is -2.44. The van der Waals surface area contributed by atoms with E-state index in [4.69, 9.17) is 0 Å². The Labute approximate surface area is 143 Å². The largest absolute Gasteiger partial charge is 0.416 e. The predicted octanol–water partition coefficient (Wildman–Crippen LogP) is 4.25. The third-order valence-electron chi connectivity index (χ3n) is 4.38. The molecule has 4 nitrogen and oxygen atoms in total. The molecule has 1 atom stereocenters. The second kappa shape index (κ2) is 6.46. The molecule has 1 aromatic carbocycles. The van der Waals surface area contributed by atoms with Gasteiger partial charge in [0.1, 0.15) is 5.69 Å². The molecule has 2 aromatic rings. The van der Waals surface area contributed by atoms with Crippen LogP contribution < -0.4 is 4.90 Å². The molecule has 3 rings (SSSR count). The van der Waals surface area contributed by atoms with Crippen molar-refractivity contribution < 1.29 is 18.0 Å². The summed E-state index contributed by atoms with van der Waals surface area (Å²) in [4.78, 5) is 22.5.